The van der Waals surface area contributed by atoms with Gasteiger partial charge in [0.1, 0.15) is 0 Å². The van der Waals surface area contributed by atoms with E-state index in [0.29, 0.717) is 24.7 Å². The van der Waals surface area contributed by atoms with Gasteiger partial charge in [-0.05, 0) is 27.1 Å². The summed E-state index contributed by atoms with van der Waals surface area (Å²) in [5.41, 5.74) is 1.61. The highest BCUT2D eigenvalue weighted by atomic mass is 127. The van der Waals surface area contributed by atoms with Crippen LogP contribution in [0.25, 0.3) is 0 Å². The number of halogens is 3. The Morgan fingerprint density at radius 1 is 1.29 bits per heavy atom. The van der Waals surface area contributed by atoms with Crippen LogP contribution in [-0.4, -0.2) is 61.5 Å². The molecule has 0 bridgehead atoms. The fraction of sp³-hybridized carbons (Fsp3) is 0.500. The summed E-state index contributed by atoms with van der Waals surface area (Å²) in [6, 6.07) is 5.13. The number of guanidine groups is 1. The standard InChI is InChI=1S/C20H30F2N6O2.HI/c1-6-29-17-9-7-8-14(18(17)30-19(21)22)10-24-20(23-2)25-12-16(27(3)4)15-11-26-28(5)13-15;/h7-9,11,13,16,19H,6,10,12H2,1-5H3,(H2,23,24,25);1H. The van der Waals surface area contributed by atoms with E-state index in [1.54, 1.807) is 36.9 Å². The van der Waals surface area contributed by atoms with Gasteiger partial charge in [-0.15, -0.1) is 24.0 Å². The number of aromatic nitrogens is 2. The van der Waals surface area contributed by atoms with Gasteiger partial charge >= 0.3 is 6.61 Å². The minimum absolute atomic E-state index is 0. The molecule has 0 amide bonds. The van der Waals surface area contributed by atoms with Crippen LogP contribution in [0, 0.1) is 0 Å². The number of nitrogens with zero attached hydrogens (tertiary/aromatic N) is 4. The lowest BCUT2D eigenvalue weighted by Crippen LogP contribution is -2.41. The van der Waals surface area contributed by atoms with Crippen LogP contribution in [0.15, 0.2) is 35.6 Å². The molecule has 1 aromatic heterocycles. The molecule has 0 spiro atoms. The second kappa shape index (κ2) is 13.3. The average Bonchev–Trinajstić information content (AvgIpc) is 3.12. The fourth-order valence-corrected chi connectivity index (χ4v) is 3.00. The fourth-order valence-electron chi connectivity index (χ4n) is 3.00. The van der Waals surface area contributed by atoms with Crippen molar-refractivity contribution in [1.82, 2.24) is 25.3 Å². The summed E-state index contributed by atoms with van der Waals surface area (Å²) >= 11 is 0. The molecule has 0 aliphatic carbocycles. The van der Waals surface area contributed by atoms with Gasteiger partial charge in [0.15, 0.2) is 17.5 Å². The molecule has 11 heteroatoms. The Morgan fingerprint density at radius 3 is 2.58 bits per heavy atom. The molecular formula is C20H31F2IN6O2. The van der Waals surface area contributed by atoms with Gasteiger partial charge in [-0.2, -0.15) is 13.9 Å². The van der Waals surface area contributed by atoms with Crippen molar-refractivity contribution < 1.29 is 18.3 Å². The summed E-state index contributed by atoms with van der Waals surface area (Å²) in [6.07, 6.45) is 3.80. The monoisotopic (exact) mass is 552 g/mol. The van der Waals surface area contributed by atoms with Gasteiger partial charge in [0.2, 0.25) is 0 Å². The molecule has 1 unspecified atom stereocenters. The third kappa shape index (κ3) is 8.13. The molecule has 174 valence electrons. The van der Waals surface area contributed by atoms with E-state index in [9.17, 15) is 8.78 Å². The molecule has 0 aliphatic rings. The van der Waals surface area contributed by atoms with E-state index in [-0.39, 0.29) is 48.1 Å². The van der Waals surface area contributed by atoms with Gasteiger partial charge in [0.25, 0.3) is 0 Å². The number of hydrogen-bond donors (Lipinski definition) is 2. The summed E-state index contributed by atoms with van der Waals surface area (Å²) in [5.74, 6) is 0.846. The van der Waals surface area contributed by atoms with E-state index in [1.807, 2.05) is 33.5 Å². The van der Waals surface area contributed by atoms with Gasteiger partial charge < -0.3 is 25.0 Å². The van der Waals surface area contributed by atoms with Crippen molar-refractivity contribution in [3.05, 3.63) is 41.7 Å². The molecule has 1 atom stereocenters. The maximum absolute atomic E-state index is 12.9. The average molecular weight is 552 g/mol. The number of ether oxygens (including phenoxy) is 2. The van der Waals surface area contributed by atoms with Crippen LogP contribution in [0.2, 0.25) is 0 Å². The Kier molecular flexibility index (Phi) is 11.5. The van der Waals surface area contributed by atoms with E-state index in [1.165, 1.54) is 0 Å². The molecule has 2 N–H and O–H groups in total. The van der Waals surface area contributed by atoms with Gasteiger partial charge in [-0.1, -0.05) is 12.1 Å². The summed E-state index contributed by atoms with van der Waals surface area (Å²) in [6.45, 7) is 0.00899. The Morgan fingerprint density at radius 2 is 2.03 bits per heavy atom. The van der Waals surface area contributed by atoms with E-state index < -0.39 is 6.61 Å². The summed E-state index contributed by atoms with van der Waals surface area (Å²) in [5, 5.41) is 10.6. The van der Waals surface area contributed by atoms with E-state index in [0.717, 1.165) is 5.56 Å². The largest absolute Gasteiger partial charge is 0.490 e. The zero-order chi connectivity index (χ0) is 22.1. The number of para-hydroxylation sites is 1. The molecule has 0 saturated carbocycles. The quantitative estimate of drug-likeness (QED) is 0.268. The lowest BCUT2D eigenvalue weighted by atomic mass is 10.1. The molecule has 1 heterocycles. The molecule has 0 saturated heterocycles. The van der Waals surface area contributed by atoms with Gasteiger partial charge in [-0.3, -0.25) is 9.67 Å². The molecule has 0 fully saturated rings. The molecule has 0 radical (unpaired) electrons. The molecule has 1 aromatic carbocycles. The first-order valence-corrected chi connectivity index (χ1v) is 9.64. The summed E-state index contributed by atoms with van der Waals surface area (Å²) < 4.78 is 37.7. The Hall–Kier alpha value is -2.15. The normalized spacial score (nSPS) is 12.5. The number of likely N-dealkylation sites (N-methyl/N-ethyl adjacent to an activating group) is 1. The van der Waals surface area contributed by atoms with Crippen molar-refractivity contribution in [3.8, 4) is 11.5 Å². The minimum atomic E-state index is -2.94. The van der Waals surface area contributed by atoms with Gasteiger partial charge in [0, 0.05) is 44.5 Å². The number of aryl methyl sites for hydroxylation is 1. The predicted molar refractivity (Wildman–Crippen MR) is 127 cm³/mol. The number of rotatable bonds is 10. The van der Waals surface area contributed by atoms with E-state index in [2.05, 4.69) is 25.6 Å². The van der Waals surface area contributed by atoms with Crippen LogP contribution in [0.1, 0.15) is 24.1 Å². The molecule has 2 rings (SSSR count). The Balaban J connectivity index is 0.00000480. The highest BCUT2D eigenvalue weighted by Gasteiger charge is 2.18. The number of nitrogens with one attached hydrogen (secondary N) is 2. The lowest BCUT2D eigenvalue weighted by Gasteiger charge is -2.24. The number of hydrogen-bond acceptors (Lipinski definition) is 5. The molecule has 31 heavy (non-hydrogen) atoms. The first kappa shape index (κ1) is 26.9. The van der Waals surface area contributed by atoms with Crippen molar-refractivity contribution >= 4 is 29.9 Å². The van der Waals surface area contributed by atoms with Gasteiger partial charge in [0.05, 0.1) is 18.8 Å². The lowest BCUT2D eigenvalue weighted by molar-refractivity contribution is -0.0520. The third-order valence-electron chi connectivity index (χ3n) is 4.43. The minimum Gasteiger partial charge on any atom is -0.490 e. The molecule has 2 aromatic rings. The molecular weight excluding hydrogens is 521 g/mol. The van der Waals surface area contributed by atoms with E-state index in [4.69, 9.17) is 9.47 Å². The molecule has 8 nitrogen and oxygen atoms in total. The second-order valence-electron chi connectivity index (χ2n) is 6.79. The highest BCUT2D eigenvalue weighted by molar-refractivity contribution is 14.0. The van der Waals surface area contributed by atoms with Crippen LogP contribution < -0.4 is 20.1 Å². The summed E-state index contributed by atoms with van der Waals surface area (Å²) in [4.78, 5) is 6.30. The topological polar surface area (TPSA) is 75.9 Å². The van der Waals surface area contributed by atoms with Crippen molar-refractivity contribution in [2.75, 3.05) is 34.3 Å². The van der Waals surface area contributed by atoms with Crippen LogP contribution in [0.4, 0.5) is 8.78 Å². The van der Waals surface area contributed by atoms with Crippen LogP contribution in [-0.2, 0) is 13.6 Å². The maximum atomic E-state index is 12.9. The highest BCUT2D eigenvalue weighted by Crippen LogP contribution is 2.32. The Bertz CT molecular complexity index is 832. The van der Waals surface area contributed by atoms with Crippen LogP contribution in [0.3, 0.4) is 0 Å². The van der Waals surface area contributed by atoms with Crippen molar-refractivity contribution in [3.63, 3.8) is 0 Å². The van der Waals surface area contributed by atoms with E-state index >= 15 is 0 Å². The van der Waals surface area contributed by atoms with Crippen LogP contribution in [0.5, 0.6) is 11.5 Å². The van der Waals surface area contributed by atoms with Gasteiger partial charge in [-0.25, -0.2) is 0 Å². The summed E-state index contributed by atoms with van der Waals surface area (Å²) in [7, 11) is 7.50. The number of aliphatic imine (C=N–C) groups is 1. The maximum Gasteiger partial charge on any atom is 0.387 e. The zero-order valence-electron chi connectivity index (χ0n) is 18.4. The Labute approximate surface area is 199 Å². The second-order valence-corrected chi connectivity index (χ2v) is 6.79. The third-order valence-corrected chi connectivity index (χ3v) is 4.43. The van der Waals surface area contributed by atoms with Crippen LogP contribution >= 0.6 is 24.0 Å². The predicted octanol–water partition coefficient (Wildman–Crippen LogP) is 3.01. The zero-order valence-corrected chi connectivity index (χ0v) is 20.8. The van der Waals surface area contributed by atoms with Crippen molar-refractivity contribution in [2.45, 2.75) is 26.1 Å². The first-order valence-electron chi connectivity index (χ1n) is 9.64. The first-order chi connectivity index (χ1) is 14.3. The smallest absolute Gasteiger partial charge is 0.387 e. The number of alkyl halides is 2. The van der Waals surface area contributed by atoms with Crippen molar-refractivity contribution in [1.29, 1.82) is 0 Å². The SMILES string of the molecule is CCOc1cccc(CNC(=NC)NCC(c2cnn(C)c2)N(C)C)c1OC(F)F.I. The van der Waals surface area contributed by atoms with Crippen molar-refractivity contribution in [2.24, 2.45) is 12.0 Å². The molecule has 0 aliphatic heterocycles. The number of benzene rings is 1.